The van der Waals surface area contributed by atoms with Crippen molar-refractivity contribution in [1.82, 2.24) is 9.47 Å². The van der Waals surface area contributed by atoms with Gasteiger partial charge in [-0.2, -0.15) is 0 Å². The Morgan fingerprint density at radius 1 is 1.00 bits per heavy atom. The Kier molecular flexibility index (Phi) is 9.59. The molecule has 2 aromatic carbocycles. The number of quaternary nitrogens is 1. The summed E-state index contributed by atoms with van der Waals surface area (Å²) in [6.45, 7) is 4.14. The zero-order valence-corrected chi connectivity index (χ0v) is 26.6. The maximum Gasteiger partial charge on any atom is 0.308 e. The first-order valence-electron chi connectivity index (χ1n) is 15.6. The number of carbonyl (C=O) groups is 2. The van der Waals surface area contributed by atoms with Crippen molar-refractivity contribution in [2.75, 3.05) is 52.5 Å². The molecule has 3 heterocycles. The molecule has 1 amide bonds. The summed E-state index contributed by atoms with van der Waals surface area (Å²) < 4.78 is 13.2. The van der Waals surface area contributed by atoms with Crippen molar-refractivity contribution in [3.8, 4) is 23.3 Å². The van der Waals surface area contributed by atoms with Crippen molar-refractivity contribution in [3.63, 3.8) is 0 Å². The molecule has 0 bridgehead atoms. The van der Waals surface area contributed by atoms with Gasteiger partial charge in [-0.05, 0) is 42.7 Å². The number of benzene rings is 2. The highest BCUT2D eigenvalue weighted by molar-refractivity contribution is 5.95. The minimum Gasteiger partial charge on any atom is -0.494 e. The maximum atomic E-state index is 14.2. The van der Waals surface area contributed by atoms with Gasteiger partial charge < -0.3 is 34.2 Å². The second kappa shape index (κ2) is 13.4. The van der Waals surface area contributed by atoms with Crippen LogP contribution in [-0.2, 0) is 22.7 Å². The summed E-state index contributed by atoms with van der Waals surface area (Å²) in [5.41, 5.74) is 2.77. The zero-order valence-electron chi connectivity index (χ0n) is 26.6. The van der Waals surface area contributed by atoms with Gasteiger partial charge in [0.05, 0.1) is 33.6 Å². The number of hydrogen-bond acceptors (Lipinski definition) is 7. The Hall–Kier alpha value is -4.22. The highest BCUT2D eigenvalue weighted by Gasteiger charge is 2.47. The topological polar surface area (TPSA) is 125 Å². The van der Waals surface area contributed by atoms with Crippen LogP contribution in [-0.4, -0.2) is 94.8 Å². The summed E-state index contributed by atoms with van der Waals surface area (Å²) in [5, 5.41) is 31.1. The quantitative estimate of drug-likeness (QED) is 0.242. The van der Waals surface area contributed by atoms with E-state index in [-0.39, 0.29) is 37.5 Å². The molecule has 0 radical (unpaired) electrons. The number of hydrogen-bond donors (Lipinski definition) is 3. The third kappa shape index (κ3) is 7.37. The molecule has 3 aromatic rings. The van der Waals surface area contributed by atoms with Crippen LogP contribution in [0.2, 0.25) is 0 Å². The summed E-state index contributed by atoms with van der Waals surface area (Å²) in [6, 6.07) is 15.8. The Bertz CT molecular complexity index is 1490. The number of carboxylic acid groups (broad SMARTS) is 1. The highest BCUT2D eigenvalue weighted by Crippen LogP contribution is 2.43. The van der Waals surface area contributed by atoms with Crippen molar-refractivity contribution < 1.29 is 38.9 Å². The van der Waals surface area contributed by atoms with E-state index in [2.05, 4.69) is 40.2 Å². The molecule has 11 heteroatoms. The number of likely N-dealkylation sites (tertiary alicyclic amines) is 1. The molecule has 5 rings (SSSR count). The van der Waals surface area contributed by atoms with E-state index in [1.54, 1.807) is 6.07 Å². The van der Waals surface area contributed by atoms with Crippen LogP contribution in [0.15, 0.2) is 54.6 Å². The Morgan fingerprint density at radius 2 is 1.73 bits per heavy atom. The molecular formula is C34H45N4O7+. The maximum absolute atomic E-state index is 14.2. The Morgan fingerprint density at radius 3 is 2.42 bits per heavy atom. The first-order valence-corrected chi connectivity index (χ1v) is 15.6. The smallest absolute Gasteiger partial charge is 0.308 e. The van der Waals surface area contributed by atoms with Gasteiger partial charge in [-0.1, -0.05) is 31.5 Å². The Labute approximate surface area is 264 Å². The van der Waals surface area contributed by atoms with E-state index in [0.717, 1.165) is 40.7 Å². The van der Waals surface area contributed by atoms with Crippen molar-refractivity contribution in [3.05, 3.63) is 65.7 Å². The van der Waals surface area contributed by atoms with Crippen LogP contribution in [0, 0.1) is 5.92 Å². The van der Waals surface area contributed by atoms with Gasteiger partial charge in [0.2, 0.25) is 12.7 Å². The third-order valence-corrected chi connectivity index (χ3v) is 8.70. The Balaban J connectivity index is 1.45. The number of rotatable bonds is 13. The van der Waals surface area contributed by atoms with Crippen LogP contribution in [0.3, 0.4) is 0 Å². The van der Waals surface area contributed by atoms with E-state index in [9.17, 15) is 24.9 Å². The number of carboxylic acids is 1. The molecule has 0 spiro atoms. The molecule has 1 fully saturated rings. The fourth-order valence-electron chi connectivity index (χ4n) is 6.61. The molecule has 1 aromatic heterocycles. The van der Waals surface area contributed by atoms with Crippen LogP contribution in [0.4, 0.5) is 5.69 Å². The largest absolute Gasteiger partial charge is 0.494 e. The molecule has 2 aliphatic rings. The molecular weight excluding hydrogens is 576 g/mol. The van der Waals surface area contributed by atoms with Gasteiger partial charge in [-0.25, -0.2) is 0 Å². The number of aliphatic carboxylic acids is 1. The second-order valence-corrected chi connectivity index (χ2v) is 13.1. The molecule has 11 nitrogen and oxygen atoms in total. The average Bonchev–Trinajstić information content (AvgIpc) is 3.68. The normalized spacial score (nSPS) is 19.6. The molecule has 0 aliphatic carbocycles. The van der Waals surface area contributed by atoms with Gasteiger partial charge in [-0.3, -0.25) is 19.1 Å². The molecule has 2 aliphatic heterocycles. The first kappa shape index (κ1) is 32.2. The third-order valence-electron chi connectivity index (χ3n) is 8.70. The van der Waals surface area contributed by atoms with E-state index in [1.807, 2.05) is 34.1 Å². The standard InChI is InChI=1S/C34H44N4O7/c1-5-6-15-36(25-9-7-8-23(17-25)21-38(2,3)4)32(41)20-35-19-26(24-10-11-28-29(18-24)45-22-44-28)33(34(42)43)27(35)14-16-37-30(39)12-13-31(37)40/h7-13,17-18,26-27,33H,5-6,14-16,19-22H2,1-4H3,(H2-,39,40,42,43)/p+1/t26-,27+,33?/m1/s1. The van der Waals surface area contributed by atoms with Crippen LogP contribution in [0.5, 0.6) is 23.3 Å². The van der Waals surface area contributed by atoms with Gasteiger partial charge in [0.25, 0.3) is 0 Å². The summed E-state index contributed by atoms with van der Waals surface area (Å²) in [5.74, 6) is -1.34. The van der Waals surface area contributed by atoms with Crippen molar-refractivity contribution in [2.45, 2.75) is 51.2 Å². The molecule has 242 valence electrons. The molecule has 3 atom stereocenters. The summed E-state index contributed by atoms with van der Waals surface area (Å²) >= 11 is 0. The SMILES string of the molecule is CCCCN(C(=O)CN1C[C@H](c2ccc3c(c2)OCO3)C(C(=O)O)[C@@H]1CCn1c(O)ccc1O)c1cccc(C[N+](C)(C)C)c1. The fourth-order valence-corrected chi connectivity index (χ4v) is 6.61. The van der Waals surface area contributed by atoms with Gasteiger partial charge in [-0.15, -0.1) is 0 Å². The minimum absolute atomic E-state index is 0.0302. The number of fused-ring (bicyclic) bond motifs is 1. The number of aromatic hydroxyl groups is 2. The second-order valence-electron chi connectivity index (χ2n) is 13.1. The number of unbranched alkanes of at least 4 members (excludes halogenated alkanes) is 1. The predicted octanol–water partition coefficient (Wildman–Crippen LogP) is 4.23. The van der Waals surface area contributed by atoms with E-state index >= 15 is 0 Å². The molecule has 0 saturated carbocycles. The average molecular weight is 622 g/mol. The lowest BCUT2D eigenvalue weighted by Gasteiger charge is -2.30. The summed E-state index contributed by atoms with van der Waals surface area (Å²) in [7, 11) is 6.38. The lowest BCUT2D eigenvalue weighted by atomic mass is 9.84. The van der Waals surface area contributed by atoms with Crippen LogP contribution < -0.4 is 14.4 Å². The summed E-state index contributed by atoms with van der Waals surface area (Å²) in [6.07, 6.45) is 2.05. The zero-order chi connectivity index (χ0) is 32.3. The lowest BCUT2D eigenvalue weighted by molar-refractivity contribution is -0.884. The van der Waals surface area contributed by atoms with Gasteiger partial charge >= 0.3 is 5.97 Å². The van der Waals surface area contributed by atoms with Crippen LogP contribution in [0.25, 0.3) is 0 Å². The fraction of sp³-hybridized carbons (Fsp3) is 0.471. The van der Waals surface area contributed by atoms with Crippen molar-refractivity contribution >= 4 is 17.6 Å². The summed E-state index contributed by atoms with van der Waals surface area (Å²) in [4.78, 5) is 30.9. The number of ether oxygens (including phenoxy) is 2. The van der Waals surface area contributed by atoms with Crippen LogP contribution in [0.1, 0.15) is 43.2 Å². The van der Waals surface area contributed by atoms with E-state index < -0.39 is 23.8 Å². The van der Waals surface area contributed by atoms with E-state index in [4.69, 9.17) is 9.47 Å². The monoisotopic (exact) mass is 621 g/mol. The van der Waals surface area contributed by atoms with Gasteiger partial charge in [0.15, 0.2) is 23.3 Å². The number of anilines is 1. The van der Waals surface area contributed by atoms with Crippen molar-refractivity contribution in [1.29, 1.82) is 0 Å². The van der Waals surface area contributed by atoms with Crippen molar-refractivity contribution in [2.24, 2.45) is 5.92 Å². The predicted molar refractivity (Wildman–Crippen MR) is 170 cm³/mol. The highest BCUT2D eigenvalue weighted by atomic mass is 16.7. The number of aromatic nitrogens is 1. The molecule has 1 unspecified atom stereocenters. The van der Waals surface area contributed by atoms with Crippen LogP contribution >= 0.6 is 0 Å². The minimum atomic E-state index is -0.964. The molecule has 1 saturated heterocycles. The van der Waals surface area contributed by atoms with Gasteiger partial charge in [0, 0.05) is 55.0 Å². The number of nitrogens with zero attached hydrogens (tertiary/aromatic N) is 4. The number of carbonyl (C=O) groups excluding carboxylic acids is 1. The molecule has 3 N–H and O–H groups in total. The molecule has 45 heavy (non-hydrogen) atoms. The van der Waals surface area contributed by atoms with Gasteiger partial charge in [0.1, 0.15) is 6.54 Å². The first-order chi connectivity index (χ1) is 21.4. The lowest BCUT2D eigenvalue weighted by Crippen LogP contribution is -2.45. The van der Waals surface area contributed by atoms with E-state index in [1.165, 1.54) is 16.7 Å². The van der Waals surface area contributed by atoms with E-state index in [0.29, 0.717) is 31.0 Å². The number of amides is 1.